The standard InChI is InChI=1S/C14H14S/c1-3-7-13-11(5-1)9-10-12-6-2-4-8-14(12)15-13/h1-5,7,9-10,13-14H,6,8H2. The summed E-state index contributed by atoms with van der Waals surface area (Å²) in [6.07, 6.45) is 20.4. The van der Waals surface area contributed by atoms with E-state index in [0.717, 1.165) is 6.42 Å². The first-order valence-corrected chi connectivity index (χ1v) is 6.44. The van der Waals surface area contributed by atoms with Crippen molar-refractivity contribution in [2.24, 2.45) is 0 Å². The van der Waals surface area contributed by atoms with Crippen LogP contribution in [0.4, 0.5) is 0 Å². The Morgan fingerprint density at radius 1 is 1.13 bits per heavy atom. The molecule has 1 heteroatoms. The highest BCUT2D eigenvalue weighted by molar-refractivity contribution is 8.01. The van der Waals surface area contributed by atoms with Crippen molar-refractivity contribution in [3.05, 3.63) is 59.8 Å². The molecular weight excluding hydrogens is 200 g/mol. The van der Waals surface area contributed by atoms with Crippen molar-refractivity contribution < 1.29 is 0 Å². The minimum Gasteiger partial charge on any atom is -0.141 e. The predicted molar refractivity (Wildman–Crippen MR) is 68.0 cm³/mol. The van der Waals surface area contributed by atoms with Gasteiger partial charge < -0.3 is 0 Å². The molecule has 0 aromatic carbocycles. The number of rotatable bonds is 0. The average Bonchev–Trinajstić information content (AvgIpc) is 2.48. The van der Waals surface area contributed by atoms with E-state index in [4.69, 9.17) is 0 Å². The summed E-state index contributed by atoms with van der Waals surface area (Å²) in [5.41, 5.74) is 3.04. The minimum absolute atomic E-state index is 0.570. The lowest BCUT2D eigenvalue weighted by Crippen LogP contribution is -2.13. The van der Waals surface area contributed by atoms with Crippen molar-refractivity contribution in [3.8, 4) is 0 Å². The molecule has 0 amide bonds. The van der Waals surface area contributed by atoms with Gasteiger partial charge in [0.1, 0.15) is 0 Å². The molecule has 0 N–H and O–H groups in total. The average molecular weight is 214 g/mol. The third-order valence-corrected chi connectivity index (χ3v) is 4.65. The van der Waals surface area contributed by atoms with Crippen molar-refractivity contribution in [2.75, 3.05) is 0 Å². The second-order valence-corrected chi connectivity index (χ2v) is 5.46. The maximum absolute atomic E-state index is 2.33. The second-order valence-electron chi connectivity index (χ2n) is 4.11. The monoisotopic (exact) mass is 214 g/mol. The summed E-state index contributed by atoms with van der Waals surface area (Å²) in [6, 6.07) is 0. The van der Waals surface area contributed by atoms with E-state index < -0.39 is 0 Å². The van der Waals surface area contributed by atoms with Gasteiger partial charge in [0, 0.05) is 10.5 Å². The van der Waals surface area contributed by atoms with Crippen molar-refractivity contribution in [2.45, 2.75) is 23.3 Å². The lowest BCUT2D eigenvalue weighted by atomic mass is 9.99. The normalized spacial score (nSPS) is 32.5. The molecule has 76 valence electrons. The van der Waals surface area contributed by atoms with Gasteiger partial charge in [-0.05, 0) is 18.4 Å². The summed E-state index contributed by atoms with van der Waals surface area (Å²) in [5.74, 6) is 0. The quantitative estimate of drug-likeness (QED) is 0.553. The molecule has 2 aliphatic carbocycles. The molecule has 0 saturated heterocycles. The zero-order valence-electron chi connectivity index (χ0n) is 8.60. The van der Waals surface area contributed by atoms with E-state index in [0.29, 0.717) is 10.5 Å². The van der Waals surface area contributed by atoms with Crippen molar-refractivity contribution in [1.82, 2.24) is 0 Å². The van der Waals surface area contributed by atoms with E-state index in [2.05, 4.69) is 60.4 Å². The highest BCUT2D eigenvalue weighted by atomic mass is 32.2. The fraction of sp³-hybridized carbons (Fsp3) is 0.286. The van der Waals surface area contributed by atoms with Crippen LogP contribution in [0.5, 0.6) is 0 Å². The topological polar surface area (TPSA) is 0 Å². The summed E-state index contributed by atoms with van der Waals surface area (Å²) in [7, 11) is 0. The molecule has 0 aromatic rings. The van der Waals surface area contributed by atoms with Crippen LogP contribution in [0.25, 0.3) is 0 Å². The Morgan fingerprint density at radius 2 is 2.13 bits per heavy atom. The van der Waals surface area contributed by atoms with Crippen LogP contribution in [-0.4, -0.2) is 10.5 Å². The molecule has 1 aliphatic heterocycles. The Labute approximate surface area is 95.1 Å². The van der Waals surface area contributed by atoms with Crippen LogP contribution >= 0.6 is 11.8 Å². The van der Waals surface area contributed by atoms with E-state index in [1.54, 1.807) is 5.57 Å². The van der Waals surface area contributed by atoms with Crippen LogP contribution in [0.2, 0.25) is 0 Å². The molecule has 0 aromatic heterocycles. The summed E-state index contributed by atoms with van der Waals surface area (Å²) in [5, 5.41) is 1.27. The second kappa shape index (κ2) is 3.90. The molecule has 0 saturated carbocycles. The summed E-state index contributed by atoms with van der Waals surface area (Å²) < 4.78 is 0. The number of thioether (sulfide) groups is 1. The van der Waals surface area contributed by atoms with Crippen molar-refractivity contribution in [1.29, 1.82) is 0 Å². The molecule has 15 heavy (non-hydrogen) atoms. The van der Waals surface area contributed by atoms with E-state index >= 15 is 0 Å². The maximum Gasteiger partial charge on any atom is 0.0486 e. The molecule has 3 rings (SSSR count). The Bertz CT molecular complexity index is 407. The van der Waals surface area contributed by atoms with Crippen LogP contribution in [0.3, 0.4) is 0 Å². The molecule has 0 bridgehead atoms. The van der Waals surface area contributed by atoms with Gasteiger partial charge in [0.15, 0.2) is 0 Å². The molecule has 2 unspecified atom stereocenters. The fourth-order valence-corrected chi connectivity index (χ4v) is 3.65. The zero-order valence-corrected chi connectivity index (χ0v) is 9.41. The third-order valence-electron chi connectivity index (χ3n) is 3.10. The van der Waals surface area contributed by atoms with Gasteiger partial charge >= 0.3 is 0 Å². The molecular formula is C14H14S. The highest BCUT2D eigenvalue weighted by Crippen LogP contribution is 2.38. The van der Waals surface area contributed by atoms with Gasteiger partial charge in [-0.25, -0.2) is 0 Å². The maximum atomic E-state index is 2.33. The van der Waals surface area contributed by atoms with Gasteiger partial charge in [-0.15, -0.1) is 11.8 Å². The number of hydrogen-bond acceptors (Lipinski definition) is 1. The van der Waals surface area contributed by atoms with Crippen LogP contribution in [-0.2, 0) is 0 Å². The first-order valence-electron chi connectivity index (χ1n) is 5.49. The van der Waals surface area contributed by atoms with Crippen LogP contribution < -0.4 is 0 Å². The molecule has 2 atom stereocenters. The van der Waals surface area contributed by atoms with E-state index in [-0.39, 0.29) is 0 Å². The smallest absolute Gasteiger partial charge is 0.0486 e. The molecule has 1 heterocycles. The van der Waals surface area contributed by atoms with Crippen LogP contribution in [0, 0.1) is 0 Å². The fourth-order valence-electron chi connectivity index (χ4n) is 2.23. The molecule has 3 aliphatic rings. The minimum atomic E-state index is 0.570. The Hall–Kier alpha value is -0.950. The molecule has 0 nitrogen and oxygen atoms in total. The molecule has 0 spiro atoms. The summed E-state index contributed by atoms with van der Waals surface area (Å²) in [4.78, 5) is 0. The molecule has 0 radical (unpaired) electrons. The number of fused-ring (bicyclic) bond motifs is 2. The van der Waals surface area contributed by atoms with Gasteiger partial charge in [0.2, 0.25) is 0 Å². The van der Waals surface area contributed by atoms with E-state index in [1.165, 1.54) is 12.0 Å². The van der Waals surface area contributed by atoms with Crippen molar-refractivity contribution in [3.63, 3.8) is 0 Å². The predicted octanol–water partition coefficient (Wildman–Crippen LogP) is 3.80. The Morgan fingerprint density at radius 3 is 3.13 bits per heavy atom. The largest absolute Gasteiger partial charge is 0.141 e. The number of allylic oxidation sites excluding steroid dienone is 7. The highest BCUT2D eigenvalue weighted by Gasteiger charge is 2.23. The van der Waals surface area contributed by atoms with Gasteiger partial charge in [0.25, 0.3) is 0 Å². The Kier molecular flexibility index (Phi) is 2.41. The summed E-state index contributed by atoms with van der Waals surface area (Å²) >= 11 is 2.09. The third kappa shape index (κ3) is 1.76. The first kappa shape index (κ1) is 9.29. The van der Waals surface area contributed by atoms with Gasteiger partial charge in [0.05, 0.1) is 0 Å². The summed E-state index contributed by atoms with van der Waals surface area (Å²) in [6.45, 7) is 0. The Balaban J connectivity index is 1.94. The first-order chi connectivity index (χ1) is 7.43. The van der Waals surface area contributed by atoms with E-state index in [1.807, 2.05) is 0 Å². The number of hydrogen-bond donors (Lipinski definition) is 0. The van der Waals surface area contributed by atoms with E-state index in [9.17, 15) is 0 Å². The van der Waals surface area contributed by atoms with Gasteiger partial charge in [-0.3, -0.25) is 0 Å². The van der Waals surface area contributed by atoms with Gasteiger partial charge in [-0.1, -0.05) is 54.2 Å². The zero-order chi connectivity index (χ0) is 10.1. The lowest BCUT2D eigenvalue weighted by Gasteiger charge is -2.24. The van der Waals surface area contributed by atoms with Crippen LogP contribution in [0.1, 0.15) is 12.8 Å². The van der Waals surface area contributed by atoms with Crippen molar-refractivity contribution >= 4 is 11.8 Å². The molecule has 0 fully saturated rings. The van der Waals surface area contributed by atoms with Gasteiger partial charge in [-0.2, -0.15) is 0 Å². The van der Waals surface area contributed by atoms with Crippen LogP contribution in [0.15, 0.2) is 59.8 Å². The lowest BCUT2D eigenvalue weighted by molar-refractivity contribution is 0.918. The SMILES string of the molecule is C1=CC2=CC=C3CC=CCC3SC2C=C1.